The first kappa shape index (κ1) is 8.96. The summed E-state index contributed by atoms with van der Waals surface area (Å²) in [5.41, 5.74) is 5.46. The fourth-order valence-corrected chi connectivity index (χ4v) is 0.736. The van der Waals surface area contributed by atoms with Gasteiger partial charge in [-0.05, 0) is 24.8 Å². The molecule has 0 rings (SSSR count). The molecule has 0 spiro atoms. The molecule has 2 N–H and O–H groups in total. The highest BCUT2D eigenvalue weighted by Crippen LogP contribution is 2.09. The smallest absolute Gasteiger partial charge is 0.00515 e. The second-order valence-corrected chi connectivity index (χ2v) is 3.31. The SMILES string of the molecule is CC(C)CC[C@H](C)CN. The molecule has 0 aliphatic heterocycles. The van der Waals surface area contributed by atoms with Crippen LogP contribution in [0.5, 0.6) is 0 Å². The van der Waals surface area contributed by atoms with Gasteiger partial charge in [0.25, 0.3) is 0 Å². The van der Waals surface area contributed by atoms with Crippen LogP contribution in [-0.4, -0.2) is 6.54 Å². The summed E-state index contributed by atoms with van der Waals surface area (Å²) in [6.07, 6.45) is 2.60. The molecule has 0 aliphatic rings. The van der Waals surface area contributed by atoms with E-state index in [4.69, 9.17) is 5.73 Å². The minimum atomic E-state index is 0.715. The topological polar surface area (TPSA) is 26.0 Å². The van der Waals surface area contributed by atoms with Gasteiger partial charge in [-0.1, -0.05) is 27.2 Å². The van der Waals surface area contributed by atoms with E-state index in [1.54, 1.807) is 0 Å². The van der Waals surface area contributed by atoms with E-state index in [-0.39, 0.29) is 0 Å². The zero-order valence-corrected chi connectivity index (χ0v) is 6.85. The molecule has 0 bridgehead atoms. The Morgan fingerprint density at radius 1 is 1.11 bits per heavy atom. The molecule has 0 saturated heterocycles. The first-order valence-electron chi connectivity index (χ1n) is 3.87. The van der Waals surface area contributed by atoms with Gasteiger partial charge in [0.1, 0.15) is 0 Å². The molecule has 0 amide bonds. The van der Waals surface area contributed by atoms with E-state index in [1.807, 2.05) is 0 Å². The van der Waals surface area contributed by atoms with Crippen LogP contribution in [0.25, 0.3) is 0 Å². The zero-order chi connectivity index (χ0) is 7.28. The van der Waals surface area contributed by atoms with Gasteiger partial charge in [-0.3, -0.25) is 0 Å². The molecule has 0 unspecified atom stereocenters. The highest BCUT2D eigenvalue weighted by molar-refractivity contribution is 4.54. The standard InChI is InChI=1S/C8H19N/c1-7(2)4-5-8(3)6-9/h7-8H,4-6,9H2,1-3H3/t8-/m0/s1. The van der Waals surface area contributed by atoms with Gasteiger partial charge in [0.05, 0.1) is 0 Å². The van der Waals surface area contributed by atoms with Crippen LogP contribution in [0.3, 0.4) is 0 Å². The molecule has 0 fully saturated rings. The van der Waals surface area contributed by atoms with Gasteiger partial charge in [-0.2, -0.15) is 0 Å². The third-order valence-electron chi connectivity index (χ3n) is 1.64. The summed E-state index contributed by atoms with van der Waals surface area (Å²) >= 11 is 0. The summed E-state index contributed by atoms with van der Waals surface area (Å²) in [6.45, 7) is 7.56. The van der Waals surface area contributed by atoms with Gasteiger partial charge in [-0.15, -0.1) is 0 Å². The molecule has 56 valence electrons. The monoisotopic (exact) mass is 129 g/mol. The summed E-state index contributed by atoms with van der Waals surface area (Å²) in [5, 5.41) is 0. The van der Waals surface area contributed by atoms with Crippen molar-refractivity contribution in [3.8, 4) is 0 Å². The van der Waals surface area contributed by atoms with Crippen LogP contribution in [0.15, 0.2) is 0 Å². The molecule has 0 radical (unpaired) electrons. The minimum Gasteiger partial charge on any atom is -0.330 e. The Balaban J connectivity index is 3.06. The summed E-state index contributed by atoms with van der Waals surface area (Å²) in [6, 6.07) is 0. The van der Waals surface area contributed by atoms with Crippen molar-refractivity contribution in [1.82, 2.24) is 0 Å². The lowest BCUT2D eigenvalue weighted by molar-refractivity contribution is 0.457. The van der Waals surface area contributed by atoms with Gasteiger partial charge in [0.15, 0.2) is 0 Å². The number of hydrogen-bond donors (Lipinski definition) is 1. The molecule has 9 heavy (non-hydrogen) atoms. The quantitative estimate of drug-likeness (QED) is 0.617. The second-order valence-electron chi connectivity index (χ2n) is 3.31. The molecule has 1 atom stereocenters. The predicted molar refractivity (Wildman–Crippen MR) is 42.3 cm³/mol. The van der Waals surface area contributed by atoms with Crippen LogP contribution >= 0.6 is 0 Å². The van der Waals surface area contributed by atoms with Crippen LogP contribution in [-0.2, 0) is 0 Å². The van der Waals surface area contributed by atoms with Crippen LogP contribution < -0.4 is 5.73 Å². The van der Waals surface area contributed by atoms with E-state index in [1.165, 1.54) is 12.8 Å². The van der Waals surface area contributed by atoms with Crippen molar-refractivity contribution in [2.24, 2.45) is 17.6 Å². The average Bonchev–Trinajstić information content (AvgIpc) is 1.83. The van der Waals surface area contributed by atoms with Crippen LogP contribution in [0.4, 0.5) is 0 Å². The summed E-state index contributed by atoms with van der Waals surface area (Å²) in [5.74, 6) is 1.55. The Morgan fingerprint density at radius 2 is 1.67 bits per heavy atom. The Hall–Kier alpha value is -0.0400. The first-order chi connectivity index (χ1) is 4.16. The van der Waals surface area contributed by atoms with Crippen LogP contribution in [0.2, 0.25) is 0 Å². The van der Waals surface area contributed by atoms with Crippen molar-refractivity contribution < 1.29 is 0 Å². The molecular weight excluding hydrogens is 110 g/mol. The molecule has 0 aliphatic carbocycles. The third kappa shape index (κ3) is 5.84. The van der Waals surface area contributed by atoms with Crippen LogP contribution in [0, 0.1) is 11.8 Å². The van der Waals surface area contributed by atoms with Gasteiger partial charge in [0.2, 0.25) is 0 Å². The lowest BCUT2D eigenvalue weighted by atomic mass is 10.00. The second kappa shape index (κ2) is 4.80. The zero-order valence-electron chi connectivity index (χ0n) is 6.85. The van der Waals surface area contributed by atoms with E-state index in [2.05, 4.69) is 20.8 Å². The number of nitrogens with two attached hydrogens (primary N) is 1. The van der Waals surface area contributed by atoms with Gasteiger partial charge < -0.3 is 5.73 Å². The van der Waals surface area contributed by atoms with E-state index in [0.717, 1.165) is 12.5 Å². The van der Waals surface area contributed by atoms with Crippen molar-refractivity contribution in [3.05, 3.63) is 0 Å². The third-order valence-corrected chi connectivity index (χ3v) is 1.64. The van der Waals surface area contributed by atoms with E-state index in [0.29, 0.717) is 5.92 Å². The average molecular weight is 129 g/mol. The lowest BCUT2D eigenvalue weighted by Gasteiger charge is -2.08. The highest BCUT2D eigenvalue weighted by Gasteiger charge is 1.99. The van der Waals surface area contributed by atoms with E-state index >= 15 is 0 Å². The Bertz CT molecular complexity index is 59.6. The Morgan fingerprint density at radius 3 is 2.00 bits per heavy atom. The summed E-state index contributed by atoms with van der Waals surface area (Å²) < 4.78 is 0. The van der Waals surface area contributed by atoms with Crippen molar-refractivity contribution in [3.63, 3.8) is 0 Å². The predicted octanol–water partition coefficient (Wildman–Crippen LogP) is 2.02. The van der Waals surface area contributed by atoms with Crippen molar-refractivity contribution >= 4 is 0 Å². The molecule has 0 heterocycles. The fourth-order valence-electron chi connectivity index (χ4n) is 0.736. The van der Waals surface area contributed by atoms with E-state index < -0.39 is 0 Å². The lowest BCUT2D eigenvalue weighted by Crippen LogP contribution is -2.11. The largest absolute Gasteiger partial charge is 0.330 e. The number of hydrogen-bond acceptors (Lipinski definition) is 1. The molecule has 0 saturated carbocycles. The van der Waals surface area contributed by atoms with Crippen molar-refractivity contribution in [2.75, 3.05) is 6.54 Å². The first-order valence-corrected chi connectivity index (χ1v) is 3.87. The molecule has 0 aromatic rings. The van der Waals surface area contributed by atoms with E-state index in [9.17, 15) is 0 Å². The summed E-state index contributed by atoms with van der Waals surface area (Å²) in [4.78, 5) is 0. The molecule has 1 heteroatoms. The van der Waals surface area contributed by atoms with Crippen molar-refractivity contribution in [1.29, 1.82) is 0 Å². The van der Waals surface area contributed by atoms with Gasteiger partial charge in [-0.25, -0.2) is 0 Å². The molecule has 1 nitrogen and oxygen atoms in total. The molecule has 0 aromatic heterocycles. The minimum absolute atomic E-state index is 0.715. The van der Waals surface area contributed by atoms with Gasteiger partial charge in [0, 0.05) is 0 Å². The maximum Gasteiger partial charge on any atom is -0.00515 e. The maximum absolute atomic E-state index is 5.46. The fraction of sp³-hybridized carbons (Fsp3) is 1.00. The van der Waals surface area contributed by atoms with Gasteiger partial charge >= 0.3 is 0 Å². The van der Waals surface area contributed by atoms with Crippen molar-refractivity contribution in [2.45, 2.75) is 33.6 Å². The number of rotatable bonds is 4. The maximum atomic E-state index is 5.46. The highest BCUT2D eigenvalue weighted by atomic mass is 14.5. The van der Waals surface area contributed by atoms with Crippen LogP contribution in [0.1, 0.15) is 33.6 Å². The molecule has 0 aromatic carbocycles. The molecular formula is C8H19N. The normalized spacial score (nSPS) is 14.3. The Labute approximate surface area is 58.6 Å². The summed E-state index contributed by atoms with van der Waals surface area (Å²) in [7, 11) is 0. The Kier molecular flexibility index (Phi) is 4.78.